The van der Waals surface area contributed by atoms with E-state index in [4.69, 9.17) is 5.11 Å². The predicted molar refractivity (Wildman–Crippen MR) is 40.5 cm³/mol. The van der Waals surface area contributed by atoms with Crippen LogP contribution in [0.2, 0.25) is 0 Å². The third kappa shape index (κ3) is 1.31. The highest BCUT2D eigenvalue weighted by atomic mass is 16.3. The van der Waals surface area contributed by atoms with Crippen LogP contribution in [0.4, 0.5) is 0 Å². The van der Waals surface area contributed by atoms with Crippen molar-refractivity contribution in [1.82, 2.24) is 10.4 Å². The minimum atomic E-state index is 0.269. The van der Waals surface area contributed by atoms with Crippen molar-refractivity contribution in [2.75, 3.05) is 13.7 Å². The topological polar surface area (TPSA) is 35.5 Å². The lowest BCUT2D eigenvalue weighted by Gasteiger charge is -2.25. The van der Waals surface area contributed by atoms with Crippen LogP contribution in [0.15, 0.2) is 0 Å². The summed E-state index contributed by atoms with van der Waals surface area (Å²) < 4.78 is 0. The number of aliphatic hydroxyl groups excluding tert-OH is 1. The molecular weight excluding hydrogens is 128 g/mol. The first-order valence-electron chi connectivity index (χ1n) is 3.86. The molecule has 1 saturated heterocycles. The van der Waals surface area contributed by atoms with Crippen LogP contribution in [0, 0.1) is 0 Å². The smallest absolute Gasteiger partial charge is 0.0601 e. The van der Waals surface area contributed by atoms with Gasteiger partial charge in [-0.2, -0.15) is 0 Å². The first kappa shape index (κ1) is 7.98. The molecule has 10 heavy (non-hydrogen) atoms. The van der Waals surface area contributed by atoms with Gasteiger partial charge in [-0.05, 0) is 26.8 Å². The van der Waals surface area contributed by atoms with Crippen LogP contribution in [-0.2, 0) is 0 Å². The largest absolute Gasteiger partial charge is 0.395 e. The summed E-state index contributed by atoms with van der Waals surface area (Å²) in [6.07, 6.45) is 2.30. The summed E-state index contributed by atoms with van der Waals surface area (Å²) in [4.78, 5) is 0. The highest BCUT2D eigenvalue weighted by Crippen LogP contribution is 2.20. The molecule has 2 atom stereocenters. The molecule has 0 spiro atoms. The van der Waals surface area contributed by atoms with E-state index in [2.05, 4.69) is 17.4 Å². The van der Waals surface area contributed by atoms with Gasteiger partial charge in [-0.25, -0.2) is 5.01 Å². The SMILES string of the molecule is CNN1C(CO)CC[C@H]1C. The Balaban J connectivity index is 2.45. The second kappa shape index (κ2) is 3.32. The lowest BCUT2D eigenvalue weighted by Crippen LogP contribution is -2.44. The molecule has 60 valence electrons. The van der Waals surface area contributed by atoms with Crippen molar-refractivity contribution in [3.05, 3.63) is 0 Å². The summed E-state index contributed by atoms with van der Waals surface area (Å²) in [5.41, 5.74) is 3.09. The Morgan fingerprint density at radius 3 is 2.70 bits per heavy atom. The molecule has 0 radical (unpaired) electrons. The fourth-order valence-corrected chi connectivity index (χ4v) is 1.65. The second-order valence-corrected chi connectivity index (χ2v) is 2.89. The lowest BCUT2D eigenvalue weighted by molar-refractivity contribution is 0.0941. The second-order valence-electron chi connectivity index (χ2n) is 2.89. The van der Waals surface area contributed by atoms with Gasteiger partial charge in [-0.15, -0.1) is 0 Å². The molecule has 2 N–H and O–H groups in total. The standard InChI is InChI=1S/C7H16N2O/c1-6-3-4-7(5-10)9(6)8-2/h6-8,10H,3-5H2,1-2H3/t6-,7?/m1/s1. The summed E-state index contributed by atoms with van der Waals surface area (Å²) in [6, 6.07) is 0.905. The number of rotatable bonds is 2. The van der Waals surface area contributed by atoms with Gasteiger partial charge < -0.3 is 5.11 Å². The zero-order valence-electron chi connectivity index (χ0n) is 6.67. The monoisotopic (exact) mass is 144 g/mol. The summed E-state index contributed by atoms with van der Waals surface area (Å²) in [5, 5.41) is 11.0. The molecule has 0 saturated carbocycles. The summed E-state index contributed by atoms with van der Waals surface area (Å²) >= 11 is 0. The number of hydrogen-bond donors (Lipinski definition) is 2. The normalized spacial score (nSPS) is 35.1. The molecule has 0 aromatic rings. The van der Waals surface area contributed by atoms with Gasteiger partial charge in [0.1, 0.15) is 0 Å². The molecule has 1 fully saturated rings. The van der Waals surface area contributed by atoms with Crippen molar-refractivity contribution in [3.8, 4) is 0 Å². The third-order valence-electron chi connectivity index (χ3n) is 2.25. The van der Waals surface area contributed by atoms with Gasteiger partial charge in [0.25, 0.3) is 0 Å². The van der Waals surface area contributed by atoms with E-state index >= 15 is 0 Å². The van der Waals surface area contributed by atoms with Gasteiger partial charge in [0.15, 0.2) is 0 Å². The van der Waals surface area contributed by atoms with Crippen LogP contribution in [-0.4, -0.2) is 35.9 Å². The van der Waals surface area contributed by atoms with E-state index in [1.165, 1.54) is 6.42 Å². The average molecular weight is 144 g/mol. The summed E-state index contributed by atoms with van der Waals surface area (Å²) in [7, 11) is 1.91. The number of aliphatic hydroxyl groups is 1. The zero-order chi connectivity index (χ0) is 7.56. The van der Waals surface area contributed by atoms with Crippen LogP contribution in [0.5, 0.6) is 0 Å². The molecule has 1 aliphatic heterocycles. The molecule has 0 aliphatic carbocycles. The maximum Gasteiger partial charge on any atom is 0.0601 e. The van der Waals surface area contributed by atoms with Crippen molar-refractivity contribution in [3.63, 3.8) is 0 Å². The van der Waals surface area contributed by atoms with Crippen molar-refractivity contribution in [2.24, 2.45) is 0 Å². The van der Waals surface area contributed by atoms with Crippen LogP contribution in [0.3, 0.4) is 0 Å². The maximum absolute atomic E-state index is 8.90. The van der Waals surface area contributed by atoms with Gasteiger partial charge in [-0.1, -0.05) is 0 Å². The van der Waals surface area contributed by atoms with E-state index in [1.807, 2.05) is 7.05 Å². The maximum atomic E-state index is 8.90. The molecule has 1 aliphatic rings. The summed E-state index contributed by atoms with van der Waals surface area (Å²) in [5.74, 6) is 0. The third-order valence-corrected chi connectivity index (χ3v) is 2.25. The molecule has 0 aromatic carbocycles. The quantitative estimate of drug-likeness (QED) is 0.571. The fourth-order valence-electron chi connectivity index (χ4n) is 1.65. The van der Waals surface area contributed by atoms with Crippen LogP contribution in [0.25, 0.3) is 0 Å². The molecule has 1 rings (SSSR count). The van der Waals surface area contributed by atoms with Crippen LogP contribution < -0.4 is 5.43 Å². The molecule has 1 unspecified atom stereocenters. The Hall–Kier alpha value is -0.120. The van der Waals surface area contributed by atoms with E-state index < -0.39 is 0 Å². The van der Waals surface area contributed by atoms with Crippen molar-refractivity contribution >= 4 is 0 Å². The van der Waals surface area contributed by atoms with E-state index in [0.717, 1.165) is 6.42 Å². The highest BCUT2D eigenvalue weighted by Gasteiger charge is 2.28. The molecule has 0 bridgehead atoms. The Bertz CT molecular complexity index is 108. The van der Waals surface area contributed by atoms with Gasteiger partial charge in [0, 0.05) is 12.1 Å². The van der Waals surface area contributed by atoms with E-state index in [1.54, 1.807) is 0 Å². The first-order chi connectivity index (χ1) is 4.79. The van der Waals surface area contributed by atoms with Gasteiger partial charge in [-0.3, -0.25) is 5.43 Å². The fraction of sp³-hybridized carbons (Fsp3) is 1.00. The predicted octanol–water partition coefficient (Wildman–Crippen LogP) is -0.0340. The van der Waals surface area contributed by atoms with Crippen molar-refractivity contribution < 1.29 is 5.11 Å². The summed E-state index contributed by atoms with van der Waals surface area (Å²) in [6.45, 7) is 2.44. The lowest BCUT2D eigenvalue weighted by atomic mass is 10.2. The van der Waals surface area contributed by atoms with E-state index in [9.17, 15) is 0 Å². The van der Waals surface area contributed by atoms with E-state index in [-0.39, 0.29) is 6.61 Å². The number of nitrogens with one attached hydrogen (secondary N) is 1. The molecule has 3 heteroatoms. The highest BCUT2D eigenvalue weighted by molar-refractivity contribution is 4.81. The Morgan fingerprint density at radius 2 is 2.30 bits per heavy atom. The Labute approximate surface area is 62.0 Å². The van der Waals surface area contributed by atoms with Gasteiger partial charge in [0.05, 0.1) is 6.61 Å². The number of nitrogens with zero attached hydrogens (tertiary/aromatic N) is 1. The zero-order valence-corrected chi connectivity index (χ0v) is 6.67. The van der Waals surface area contributed by atoms with Gasteiger partial charge >= 0.3 is 0 Å². The minimum Gasteiger partial charge on any atom is -0.395 e. The first-order valence-corrected chi connectivity index (χ1v) is 3.86. The van der Waals surface area contributed by atoms with Crippen molar-refractivity contribution in [1.29, 1.82) is 0 Å². The molecule has 0 amide bonds. The van der Waals surface area contributed by atoms with Crippen molar-refractivity contribution in [2.45, 2.75) is 31.8 Å². The minimum absolute atomic E-state index is 0.269. The van der Waals surface area contributed by atoms with Crippen LogP contribution >= 0.6 is 0 Å². The Morgan fingerprint density at radius 1 is 1.60 bits per heavy atom. The molecular formula is C7H16N2O. The Kier molecular flexibility index (Phi) is 2.65. The molecule has 1 heterocycles. The van der Waals surface area contributed by atoms with E-state index in [0.29, 0.717) is 12.1 Å². The molecule has 3 nitrogen and oxygen atoms in total. The number of hydrogen-bond acceptors (Lipinski definition) is 3. The van der Waals surface area contributed by atoms with Crippen LogP contribution in [0.1, 0.15) is 19.8 Å². The molecule has 0 aromatic heterocycles. The van der Waals surface area contributed by atoms with Gasteiger partial charge in [0.2, 0.25) is 0 Å². The average Bonchev–Trinajstić information content (AvgIpc) is 2.30. The number of hydrazine groups is 1.